The Morgan fingerprint density at radius 2 is 1.68 bits per heavy atom. The van der Waals surface area contributed by atoms with Crippen LogP contribution in [0.3, 0.4) is 0 Å². The van der Waals surface area contributed by atoms with Crippen molar-refractivity contribution in [2.24, 2.45) is 0 Å². The monoisotopic (exact) mass is 304 g/mol. The molecule has 0 spiro atoms. The van der Waals surface area contributed by atoms with E-state index in [2.05, 4.69) is 59.7 Å². The van der Waals surface area contributed by atoms with Gasteiger partial charge < -0.3 is 14.0 Å². The van der Waals surface area contributed by atoms with Gasteiger partial charge in [-0.15, -0.1) is 0 Å². The van der Waals surface area contributed by atoms with Gasteiger partial charge in [0.2, 0.25) is 0 Å². The second kappa shape index (κ2) is 6.25. The molecular weight excluding hydrogens is 275 g/mol. The van der Waals surface area contributed by atoms with Gasteiger partial charge in [0.05, 0.1) is 18.3 Å². The molecule has 0 radical (unpaired) electrons. The van der Waals surface area contributed by atoms with Gasteiger partial charge >= 0.3 is 7.12 Å². The van der Waals surface area contributed by atoms with Crippen molar-refractivity contribution >= 4 is 7.12 Å². The molecule has 1 aliphatic heterocycles. The first-order chi connectivity index (χ1) is 10.2. The van der Waals surface area contributed by atoms with E-state index in [0.29, 0.717) is 5.92 Å². The van der Waals surface area contributed by atoms with Crippen molar-refractivity contribution in [3.05, 3.63) is 29.3 Å². The van der Waals surface area contributed by atoms with Crippen molar-refractivity contribution < 1.29 is 14.0 Å². The molecule has 0 amide bonds. The fourth-order valence-corrected chi connectivity index (χ4v) is 2.71. The van der Waals surface area contributed by atoms with Crippen molar-refractivity contribution in [2.45, 2.75) is 71.4 Å². The van der Waals surface area contributed by atoms with Crippen molar-refractivity contribution in [1.29, 1.82) is 0 Å². The summed E-state index contributed by atoms with van der Waals surface area (Å²) in [5.74, 6) is 1.46. The maximum Gasteiger partial charge on any atom is 0.458 e. The standard InChI is InChI=1S/C18H29BO3/c1-13(2)14-8-9-16(20-7)15(12-14)10-11-19-21-17(3,4)18(5,6)22-19/h8-9,12-13H,10-11H2,1-7H3. The van der Waals surface area contributed by atoms with Crippen LogP contribution in [0, 0.1) is 0 Å². The topological polar surface area (TPSA) is 27.7 Å². The third kappa shape index (κ3) is 3.49. The van der Waals surface area contributed by atoms with Crippen molar-refractivity contribution in [2.75, 3.05) is 7.11 Å². The fourth-order valence-electron chi connectivity index (χ4n) is 2.71. The van der Waals surface area contributed by atoms with Gasteiger partial charge in [0, 0.05) is 0 Å². The molecule has 0 unspecified atom stereocenters. The van der Waals surface area contributed by atoms with Crippen molar-refractivity contribution in [3.8, 4) is 5.75 Å². The molecule has 3 nitrogen and oxygen atoms in total. The largest absolute Gasteiger partial charge is 0.496 e. The van der Waals surface area contributed by atoms with E-state index < -0.39 is 0 Å². The molecule has 1 heterocycles. The Morgan fingerprint density at radius 3 is 2.18 bits per heavy atom. The van der Waals surface area contributed by atoms with E-state index in [0.717, 1.165) is 18.5 Å². The number of ether oxygens (including phenoxy) is 1. The lowest BCUT2D eigenvalue weighted by Gasteiger charge is -2.32. The molecule has 1 aromatic carbocycles. The molecule has 0 bridgehead atoms. The molecule has 0 atom stereocenters. The maximum atomic E-state index is 6.07. The van der Waals surface area contributed by atoms with Gasteiger partial charge in [-0.3, -0.25) is 0 Å². The van der Waals surface area contributed by atoms with Gasteiger partial charge in [0.25, 0.3) is 0 Å². The van der Waals surface area contributed by atoms with E-state index >= 15 is 0 Å². The smallest absolute Gasteiger partial charge is 0.458 e. The second-order valence-electron chi connectivity index (χ2n) is 7.45. The Labute approximate surface area is 135 Å². The first-order valence-electron chi connectivity index (χ1n) is 8.19. The number of benzene rings is 1. The lowest BCUT2D eigenvalue weighted by Crippen LogP contribution is -2.41. The van der Waals surface area contributed by atoms with E-state index in [1.54, 1.807) is 7.11 Å². The summed E-state index contributed by atoms with van der Waals surface area (Å²) in [6.45, 7) is 12.8. The minimum atomic E-state index is -0.262. The maximum absolute atomic E-state index is 6.07. The first kappa shape index (κ1) is 17.4. The van der Waals surface area contributed by atoms with Gasteiger partial charge in [-0.25, -0.2) is 0 Å². The second-order valence-corrected chi connectivity index (χ2v) is 7.45. The predicted molar refractivity (Wildman–Crippen MR) is 91.7 cm³/mol. The summed E-state index contributed by atoms with van der Waals surface area (Å²) in [5.41, 5.74) is 2.04. The minimum Gasteiger partial charge on any atom is -0.496 e. The van der Waals surface area contributed by atoms with Crippen LogP contribution in [-0.4, -0.2) is 25.4 Å². The number of aryl methyl sites for hydroxylation is 1. The zero-order valence-electron chi connectivity index (χ0n) is 15.0. The summed E-state index contributed by atoms with van der Waals surface area (Å²) in [7, 11) is 1.57. The lowest BCUT2D eigenvalue weighted by molar-refractivity contribution is 0.00578. The van der Waals surface area contributed by atoms with Crippen LogP contribution in [0.4, 0.5) is 0 Å². The Kier molecular flexibility index (Phi) is 4.93. The van der Waals surface area contributed by atoms with Crippen LogP contribution < -0.4 is 4.74 Å². The summed E-state index contributed by atoms with van der Waals surface area (Å²) in [4.78, 5) is 0. The van der Waals surface area contributed by atoms with E-state index in [9.17, 15) is 0 Å². The quantitative estimate of drug-likeness (QED) is 0.752. The minimum absolute atomic E-state index is 0.155. The number of hydrogen-bond acceptors (Lipinski definition) is 3. The molecule has 0 aromatic heterocycles. The van der Waals surface area contributed by atoms with Crippen LogP contribution in [0.1, 0.15) is 58.6 Å². The van der Waals surface area contributed by atoms with Gasteiger partial charge in [0.15, 0.2) is 0 Å². The molecule has 2 rings (SSSR count). The molecule has 4 heteroatoms. The Hall–Kier alpha value is -0.995. The summed E-state index contributed by atoms with van der Waals surface area (Å²) in [6, 6.07) is 6.45. The molecule has 0 N–H and O–H groups in total. The molecule has 1 aliphatic rings. The summed E-state index contributed by atoms with van der Waals surface area (Å²) in [6.07, 6.45) is 1.73. The van der Waals surface area contributed by atoms with Crippen molar-refractivity contribution in [1.82, 2.24) is 0 Å². The Bertz CT molecular complexity index is 507. The van der Waals surface area contributed by atoms with Gasteiger partial charge in [0.1, 0.15) is 5.75 Å². The number of rotatable bonds is 5. The van der Waals surface area contributed by atoms with Crippen LogP contribution in [-0.2, 0) is 15.7 Å². The molecule has 122 valence electrons. The predicted octanol–water partition coefficient (Wildman–Crippen LogP) is 4.45. The highest BCUT2D eigenvalue weighted by Gasteiger charge is 2.50. The molecule has 1 fully saturated rings. The zero-order valence-corrected chi connectivity index (χ0v) is 15.0. The zero-order chi connectivity index (χ0) is 16.5. The Morgan fingerprint density at radius 1 is 1.09 bits per heavy atom. The summed E-state index contributed by atoms with van der Waals surface area (Å²) < 4.78 is 17.6. The molecule has 0 aliphatic carbocycles. The summed E-state index contributed by atoms with van der Waals surface area (Å²) >= 11 is 0. The molecule has 1 saturated heterocycles. The molecule has 0 saturated carbocycles. The SMILES string of the molecule is COc1ccc(C(C)C)cc1CCB1OC(C)(C)C(C)(C)O1. The third-order valence-corrected chi connectivity index (χ3v) is 4.92. The van der Waals surface area contributed by atoms with E-state index in [1.165, 1.54) is 11.1 Å². The van der Waals surface area contributed by atoms with Gasteiger partial charge in [-0.2, -0.15) is 0 Å². The highest BCUT2D eigenvalue weighted by atomic mass is 16.7. The van der Waals surface area contributed by atoms with Crippen LogP contribution in [0.25, 0.3) is 0 Å². The van der Waals surface area contributed by atoms with E-state index in [1.807, 2.05) is 0 Å². The number of methoxy groups -OCH3 is 1. The lowest BCUT2D eigenvalue weighted by atomic mass is 9.81. The van der Waals surface area contributed by atoms with Crippen molar-refractivity contribution in [3.63, 3.8) is 0 Å². The summed E-state index contributed by atoms with van der Waals surface area (Å²) in [5, 5.41) is 0. The van der Waals surface area contributed by atoms with Crippen LogP contribution in [0.15, 0.2) is 18.2 Å². The third-order valence-electron chi connectivity index (χ3n) is 4.92. The van der Waals surface area contributed by atoms with Gasteiger partial charge in [-0.1, -0.05) is 26.0 Å². The Balaban J connectivity index is 2.07. The average Bonchev–Trinajstić information content (AvgIpc) is 2.64. The average molecular weight is 304 g/mol. The number of hydrogen-bond donors (Lipinski definition) is 0. The molecular formula is C18H29BO3. The van der Waals surface area contributed by atoms with Crippen LogP contribution in [0.2, 0.25) is 6.32 Å². The van der Waals surface area contributed by atoms with Gasteiger partial charge in [-0.05, 0) is 63.5 Å². The molecule has 1 aromatic rings. The van der Waals surface area contributed by atoms with E-state index in [4.69, 9.17) is 14.0 Å². The first-order valence-corrected chi connectivity index (χ1v) is 8.19. The van der Waals surface area contributed by atoms with Crippen LogP contribution in [0.5, 0.6) is 5.75 Å². The highest BCUT2D eigenvalue weighted by molar-refractivity contribution is 6.45. The fraction of sp³-hybridized carbons (Fsp3) is 0.667. The van der Waals surface area contributed by atoms with Crippen LogP contribution >= 0.6 is 0 Å². The highest BCUT2D eigenvalue weighted by Crippen LogP contribution is 2.38. The normalized spacial score (nSPS) is 19.7. The molecule has 22 heavy (non-hydrogen) atoms. The van der Waals surface area contributed by atoms with E-state index in [-0.39, 0.29) is 18.3 Å².